The van der Waals surface area contributed by atoms with Gasteiger partial charge in [-0.2, -0.15) is 5.10 Å². The molecule has 56 valence electrons. The Kier molecular flexibility index (Phi) is 1.19. The van der Waals surface area contributed by atoms with E-state index in [9.17, 15) is 5.11 Å². The zero-order valence-corrected chi connectivity index (χ0v) is 6.30. The predicted molar refractivity (Wildman–Crippen MR) is 42.0 cm³/mol. The van der Waals surface area contributed by atoms with Crippen molar-refractivity contribution in [2.24, 2.45) is 0 Å². The predicted octanol–water partition coefficient (Wildman–Crippen LogP) is 1.10. The number of fused-ring (bicyclic) bond motifs is 1. The van der Waals surface area contributed by atoms with Gasteiger partial charge in [0.05, 0.1) is 0 Å². The van der Waals surface area contributed by atoms with Gasteiger partial charge in [0.2, 0.25) is 5.65 Å². The number of aromatic amines is 1. The molecule has 0 saturated heterocycles. The summed E-state index contributed by atoms with van der Waals surface area (Å²) in [5, 5.41) is 15.6. The van der Waals surface area contributed by atoms with Crippen molar-refractivity contribution in [3.05, 3.63) is 23.1 Å². The van der Waals surface area contributed by atoms with Crippen molar-refractivity contribution in [1.29, 1.82) is 0 Å². The fourth-order valence-electron chi connectivity index (χ4n) is 0.918. The van der Waals surface area contributed by atoms with Crippen LogP contribution in [0.3, 0.4) is 0 Å². The summed E-state index contributed by atoms with van der Waals surface area (Å²) >= 11 is 4.88. The smallest absolute Gasteiger partial charge is 0.201 e. The lowest BCUT2D eigenvalue weighted by atomic mass is 10.4. The Morgan fingerprint density at radius 3 is 3.18 bits per heavy atom. The van der Waals surface area contributed by atoms with Gasteiger partial charge >= 0.3 is 0 Å². The van der Waals surface area contributed by atoms with E-state index >= 15 is 0 Å². The fourth-order valence-corrected chi connectivity index (χ4v) is 1.11. The molecule has 0 aliphatic rings. The number of hydrogen-bond donors (Lipinski definition) is 2. The highest BCUT2D eigenvalue weighted by Gasteiger charge is 1.99. The highest BCUT2D eigenvalue weighted by atomic mass is 32.1. The molecular weight excluding hydrogens is 162 g/mol. The maximum atomic E-state index is 9.23. The number of H-pyrrole nitrogens is 1. The largest absolute Gasteiger partial charge is 0.504 e. The minimum absolute atomic E-state index is 0.125. The highest BCUT2D eigenvalue weighted by Crippen LogP contribution is 2.13. The first-order chi connectivity index (χ1) is 5.29. The molecule has 11 heavy (non-hydrogen) atoms. The fraction of sp³-hybridized carbons (Fsp3) is 0. The number of nitrogens with one attached hydrogen (secondary N) is 1. The van der Waals surface area contributed by atoms with Crippen molar-refractivity contribution in [2.45, 2.75) is 0 Å². The second-order valence-electron chi connectivity index (χ2n) is 2.12. The SMILES string of the molecule is Oc1cccn2c(=S)[nH]nc12. The average molecular weight is 167 g/mol. The van der Waals surface area contributed by atoms with Crippen LogP contribution >= 0.6 is 12.2 Å². The molecule has 0 aliphatic carbocycles. The number of nitrogens with zero attached hydrogens (tertiary/aromatic N) is 2. The lowest BCUT2D eigenvalue weighted by molar-refractivity contribution is 0.477. The van der Waals surface area contributed by atoms with Crippen LogP contribution in [0.15, 0.2) is 18.3 Å². The van der Waals surface area contributed by atoms with E-state index in [1.807, 2.05) is 0 Å². The lowest BCUT2D eigenvalue weighted by Gasteiger charge is -1.91. The molecule has 2 aromatic rings. The van der Waals surface area contributed by atoms with Crippen molar-refractivity contribution in [3.8, 4) is 5.75 Å². The van der Waals surface area contributed by atoms with E-state index in [0.29, 0.717) is 10.4 Å². The first-order valence-electron chi connectivity index (χ1n) is 3.04. The van der Waals surface area contributed by atoms with Crippen LogP contribution in [0.4, 0.5) is 0 Å². The van der Waals surface area contributed by atoms with E-state index in [1.54, 1.807) is 22.7 Å². The van der Waals surface area contributed by atoms with E-state index < -0.39 is 0 Å². The van der Waals surface area contributed by atoms with Gasteiger partial charge in [0.15, 0.2) is 10.5 Å². The van der Waals surface area contributed by atoms with Crippen molar-refractivity contribution in [3.63, 3.8) is 0 Å². The van der Waals surface area contributed by atoms with E-state index in [2.05, 4.69) is 10.2 Å². The summed E-state index contributed by atoms with van der Waals surface area (Å²) in [7, 11) is 0. The monoisotopic (exact) mass is 167 g/mol. The second kappa shape index (κ2) is 2.06. The Morgan fingerprint density at radius 2 is 2.45 bits per heavy atom. The van der Waals surface area contributed by atoms with Crippen LogP contribution in [0.5, 0.6) is 5.75 Å². The topological polar surface area (TPSA) is 53.3 Å². The van der Waals surface area contributed by atoms with Crippen LogP contribution in [0.25, 0.3) is 5.65 Å². The molecule has 2 aromatic heterocycles. The standard InChI is InChI=1S/C6H5N3OS/c10-4-2-1-3-9-5(4)7-8-6(9)11/h1-3,10H,(H,8,11). The van der Waals surface area contributed by atoms with Gasteiger partial charge in [0, 0.05) is 6.20 Å². The molecule has 0 bridgehead atoms. The van der Waals surface area contributed by atoms with E-state index in [1.165, 1.54) is 0 Å². The molecule has 0 aliphatic heterocycles. The number of hydrogen-bond acceptors (Lipinski definition) is 3. The number of aromatic hydroxyl groups is 1. The number of aromatic nitrogens is 3. The average Bonchev–Trinajstić information content (AvgIpc) is 2.35. The van der Waals surface area contributed by atoms with E-state index in [0.717, 1.165) is 0 Å². The molecule has 2 N–H and O–H groups in total. The Hall–Kier alpha value is -1.36. The Morgan fingerprint density at radius 1 is 1.64 bits per heavy atom. The molecule has 5 heteroatoms. The molecule has 0 spiro atoms. The maximum absolute atomic E-state index is 9.23. The lowest BCUT2D eigenvalue weighted by Crippen LogP contribution is -1.82. The van der Waals surface area contributed by atoms with E-state index in [4.69, 9.17) is 12.2 Å². The minimum Gasteiger partial charge on any atom is -0.504 e. The summed E-state index contributed by atoms with van der Waals surface area (Å²) < 4.78 is 2.08. The van der Waals surface area contributed by atoms with E-state index in [-0.39, 0.29) is 5.75 Å². The van der Waals surface area contributed by atoms with Crippen molar-refractivity contribution < 1.29 is 5.11 Å². The molecule has 0 aromatic carbocycles. The minimum atomic E-state index is 0.125. The quantitative estimate of drug-likeness (QED) is 0.577. The summed E-state index contributed by atoms with van der Waals surface area (Å²) in [6.07, 6.45) is 1.74. The van der Waals surface area contributed by atoms with Crippen molar-refractivity contribution in [1.82, 2.24) is 14.6 Å². The van der Waals surface area contributed by atoms with Gasteiger partial charge in [-0.3, -0.25) is 9.50 Å². The summed E-state index contributed by atoms with van der Waals surface area (Å²) in [4.78, 5) is 0. The van der Waals surface area contributed by atoms with Crippen LogP contribution in [0, 0.1) is 4.77 Å². The zero-order valence-electron chi connectivity index (χ0n) is 5.48. The molecule has 4 nitrogen and oxygen atoms in total. The molecule has 0 radical (unpaired) electrons. The number of rotatable bonds is 0. The summed E-state index contributed by atoms with van der Waals surface area (Å²) in [5.74, 6) is 0.125. The Balaban J connectivity index is 3.06. The van der Waals surface area contributed by atoms with Crippen LogP contribution in [0.1, 0.15) is 0 Å². The Labute approximate surface area is 67.1 Å². The summed E-state index contributed by atoms with van der Waals surface area (Å²) in [5.41, 5.74) is 0.456. The second-order valence-corrected chi connectivity index (χ2v) is 2.50. The van der Waals surface area contributed by atoms with Crippen molar-refractivity contribution in [2.75, 3.05) is 0 Å². The molecule has 0 saturated carbocycles. The van der Waals surface area contributed by atoms with Crippen LogP contribution in [0.2, 0.25) is 0 Å². The maximum Gasteiger partial charge on any atom is 0.201 e. The van der Waals surface area contributed by atoms with Gasteiger partial charge in [0.1, 0.15) is 0 Å². The van der Waals surface area contributed by atoms with Crippen LogP contribution in [-0.2, 0) is 0 Å². The first-order valence-corrected chi connectivity index (χ1v) is 3.44. The molecule has 0 fully saturated rings. The van der Waals surface area contributed by atoms with Crippen LogP contribution < -0.4 is 0 Å². The van der Waals surface area contributed by atoms with Gasteiger partial charge in [-0.25, -0.2) is 0 Å². The van der Waals surface area contributed by atoms with Gasteiger partial charge in [-0.15, -0.1) is 0 Å². The first kappa shape index (κ1) is 6.36. The molecule has 0 unspecified atom stereocenters. The zero-order chi connectivity index (χ0) is 7.84. The van der Waals surface area contributed by atoms with Gasteiger partial charge < -0.3 is 5.11 Å². The molecule has 2 heterocycles. The third-order valence-electron chi connectivity index (χ3n) is 1.42. The summed E-state index contributed by atoms with van der Waals surface area (Å²) in [6, 6.07) is 3.26. The third kappa shape index (κ3) is 0.813. The molecule has 0 amide bonds. The molecule has 2 rings (SSSR count). The number of pyridine rings is 1. The highest BCUT2D eigenvalue weighted by molar-refractivity contribution is 7.71. The van der Waals surface area contributed by atoms with Gasteiger partial charge in [-0.05, 0) is 24.4 Å². The van der Waals surface area contributed by atoms with Gasteiger partial charge in [-0.1, -0.05) is 0 Å². The van der Waals surface area contributed by atoms with Gasteiger partial charge in [0.25, 0.3) is 0 Å². The molecular formula is C6H5N3OS. The molecule has 0 atom stereocenters. The summed E-state index contributed by atoms with van der Waals surface area (Å²) in [6.45, 7) is 0. The normalized spacial score (nSPS) is 10.5. The third-order valence-corrected chi connectivity index (χ3v) is 1.71. The van der Waals surface area contributed by atoms with Crippen LogP contribution in [-0.4, -0.2) is 19.7 Å². The Bertz CT molecular complexity index is 444. The van der Waals surface area contributed by atoms with Crippen molar-refractivity contribution >= 4 is 17.9 Å².